The van der Waals surface area contributed by atoms with Gasteiger partial charge in [-0.15, -0.1) is 0 Å². The fourth-order valence-electron chi connectivity index (χ4n) is 1.04. The average molecular weight is 259 g/mol. The Morgan fingerprint density at radius 2 is 1.72 bits per heavy atom. The number of carboxylic acids is 1. The summed E-state index contributed by atoms with van der Waals surface area (Å²) in [5.41, 5.74) is 5.86. The van der Waals surface area contributed by atoms with E-state index in [1.165, 1.54) is 18.2 Å². The van der Waals surface area contributed by atoms with Gasteiger partial charge in [-0.05, 0) is 24.1 Å². The second-order valence-electron chi connectivity index (χ2n) is 3.32. The lowest BCUT2D eigenvalue weighted by Crippen LogP contribution is -2.32. The van der Waals surface area contributed by atoms with E-state index in [0.29, 0.717) is 5.56 Å². The molecule has 0 aliphatic rings. The quantitative estimate of drug-likeness (QED) is 0.242. The minimum Gasteiger partial charge on any atom is -0.504 e. The van der Waals surface area contributed by atoms with Crippen LogP contribution in [0.3, 0.4) is 0 Å². The maximum absolute atomic E-state index is 10.4. The summed E-state index contributed by atoms with van der Waals surface area (Å²) in [7, 11) is -2.17. The number of rotatable bonds is 3. The van der Waals surface area contributed by atoms with Crippen LogP contribution in [0.5, 0.6) is 11.5 Å². The summed E-state index contributed by atoms with van der Waals surface area (Å²) in [4.78, 5) is 10.4. The van der Waals surface area contributed by atoms with Crippen molar-refractivity contribution in [2.75, 3.05) is 0 Å². The molecule has 0 bridgehead atoms. The minimum absolute atomic E-state index is 0.114. The highest BCUT2D eigenvalue weighted by molar-refractivity contribution is 6.30. The Kier molecular flexibility index (Phi) is 6.75. The van der Waals surface area contributed by atoms with E-state index in [4.69, 9.17) is 36.1 Å². The first-order valence-electron chi connectivity index (χ1n) is 4.77. The molecule has 1 rings (SSSR count). The molecule has 0 radical (unpaired) electrons. The maximum atomic E-state index is 10.4. The molecule has 1 atom stereocenters. The number of carboxylic acid groups (broad SMARTS) is 1. The molecule has 9 heteroatoms. The molecule has 0 amide bonds. The number of nitrogens with two attached hydrogens (primary N) is 1. The number of carbonyl (C=O) groups is 1. The van der Waals surface area contributed by atoms with Crippen LogP contribution < -0.4 is 5.73 Å². The Morgan fingerprint density at radius 3 is 2.11 bits per heavy atom. The number of phenols is 2. The van der Waals surface area contributed by atoms with E-state index < -0.39 is 19.3 Å². The third-order valence-corrected chi connectivity index (χ3v) is 1.81. The van der Waals surface area contributed by atoms with Gasteiger partial charge in [-0.2, -0.15) is 0 Å². The van der Waals surface area contributed by atoms with E-state index in [9.17, 15) is 4.79 Å². The van der Waals surface area contributed by atoms with Crippen LogP contribution in [-0.4, -0.2) is 49.7 Å². The third-order valence-electron chi connectivity index (χ3n) is 1.81. The van der Waals surface area contributed by atoms with E-state index in [1.807, 2.05) is 0 Å². The van der Waals surface area contributed by atoms with Crippen molar-refractivity contribution in [3.63, 3.8) is 0 Å². The number of phenolic OH excluding ortho intramolecular Hbond substituents is 2. The van der Waals surface area contributed by atoms with Gasteiger partial charge in [0.05, 0.1) is 0 Å². The number of hydrogen-bond donors (Lipinski definition) is 7. The fourth-order valence-corrected chi connectivity index (χ4v) is 1.04. The Morgan fingerprint density at radius 1 is 1.22 bits per heavy atom. The molecule has 1 aromatic carbocycles. The number of aliphatic carboxylic acids is 1. The molecule has 0 spiro atoms. The number of aromatic hydroxyl groups is 2. The van der Waals surface area contributed by atoms with Gasteiger partial charge in [-0.1, -0.05) is 6.07 Å². The van der Waals surface area contributed by atoms with Gasteiger partial charge in [0.2, 0.25) is 0 Å². The van der Waals surface area contributed by atoms with Crippen molar-refractivity contribution < 1.29 is 35.2 Å². The molecule has 0 fully saturated rings. The molecule has 0 aliphatic heterocycles. The standard InChI is InChI=1S/C9H11NO4.BH3O3/c10-6(9(13)14)3-5-1-2-7(11)8(12)4-5;2-1(3)4/h1-2,4,6,11-12H,3,10H2,(H,13,14);2-4H/t6-;/m0./s1. The van der Waals surface area contributed by atoms with E-state index in [-0.39, 0.29) is 17.9 Å². The van der Waals surface area contributed by atoms with Gasteiger partial charge in [0.1, 0.15) is 6.04 Å². The highest BCUT2D eigenvalue weighted by atomic mass is 16.5. The fraction of sp³-hybridized carbons (Fsp3) is 0.222. The molecule has 0 unspecified atom stereocenters. The number of hydrogen-bond acceptors (Lipinski definition) is 7. The van der Waals surface area contributed by atoms with Crippen LogP contribution in [-0.2, 0) is 11.2 Å². The first-order valence-corrected chi connectivity index (χ1v) is 4.77. The van der Waals surface area contributed by atoms with E-state index in [1.54, 1.807) is 0 Å². The predicted molar refractivity (Wildman–Crippen MR) is 61.5 cm³/mol. The van der Waals surface area contributed by atoms with Crippen LogP contribution in [0.15, 0.2) is 18.2 Å². The van der Waals surface area contributed by atoms with Crippen molar-refractivity contribution in [3.8, 4) is 11.5 Å². The van der Waals surface area contributed by atoms with Crippen molar-refractivity contribution in [3.05, 3.63) is 23.8 Å². The molecule has 0 heterocycles. The van der Waals surface area contributed by atoms with Crippen LogP contribution in [0.2, 0.25) is 0 Å². The first-order chi connectivity index (χ1) is 8.23. The molecule has 0 saturated carbocycles. The highest BCUT2D eigenvalue weighted by Crippen LogP contribution is 2.25. The largest absolute Gasteiger partial charge is 0.631 e. The zero-order chi connectivity index (χ0) is 14.3. The van der Waals surface area contributed by atoms with Crippen LogP contribution >= 0.6 is 0 Å². The minimum atomic E-state index is -2.17. The van der Waals surface area contributed by atoms with E-state index in [0.717, 1.165) is 0 Å². The SMILES string of the molecule is N[C@@H](Cc1ccc(O)c(O)c1)C(=O)O.OB(O)O. The van der Waals surface area contributed by atoms with E-state index >= 15 is 0 Å². The molecule has 8 nitrogen and oxygen atoms in total. The zero-order valence-electron chi connectivity index (χ0n) is 9.26. The molecule has 18 heavy (non-hydrogen) atoms. The summed E-state index contributed by atoms with van der Waals surface area (Å²) < 4.78 is 0. The lowest BCUT2D eigenvalue weighted by Gasteiger charge is -2.06. The molecule has 1 aromatic rings. The van der Waals surface area contributed by atoms with Crippen molar-refractivity contribution in [2.24, 2.45) is 5.73 Å². The predicted octanol–water partition coefficient (Wildman–Crippen LogP) is -2.00. The molecule has 0 saturated heterocycles. The van der Waals surface area contributed by atoms with Crippen molar-refractivity contribution in [1.82, 2.24) is 0 Å². The van der Waals surface area contributed by atoms with Gasteiger partial charge in [-0.3, -0.25) is 4.79 Å². The van der Waals surface area contributed by atoms with Gasteiger partial charge < -0.3 is 36.1 Å². The van der Waals surface area contributed by atoms with Crippen molar-refractivity contribution in [1.29, 1.82) is 0 Å². The maximum Gasteiger partial charge on any atom is 0.631 e. The normalized spacial score (nSPS) is 11.1. The average Bonchev–Trinajstić information content (AvgIpc) is 2.22. The second kappa shape index (κ2) is 7.51. The lowest BCUT2D eigenvalue weighted by atomic mass is 10.1. The van der Waals surface area contributed by atoms with Crippen molar-refractivity contribution >= 4 is 13.3 Å². The summed E-state index contributed by atoms with van der Waals surface area (Å²) in [6, 6.07) is 3.09. The Bertz CT molecular complexity index is 396. The molecule has 8 N–H and O–H groups in total. The van der Waals surface area contributed by atoms with E-state index in [2.05, 4.69) is 0 Å². The summed E-state index contributed by atoms with van der Waals surface area (Å²) in [6.45, 7) is 0. The zero-order valence-corrected chi connectivity index (χ0v) is 9.26. The van der Waals surface area contributed by atoms with Crippen LogP contribution in [0.25, 0.3) is 0 Å². The van der Waals surface area contributed by atoms with Crippen LogP contribution in [0.4, 0.5) is 0 Å². The second-order valence-corrected chi connectivity index (χ2v) is 3.32. The Labute approximate surface area is 103 Å². The molecular weight excluding hydrogens is 245 g/mol. The summed E-state index contributed by atoms with van der Waals surface area (Å²) in [5.74, 6) is -1.62. The lowest BCUT2D eigenvalue weighted by molar-refractivity contribution is -0.138. The first kappa shape index (κ1) is 16.2. The Hall–Kier alpha value is -1.81. The molecule has 100 valence electrons. The van der Waals surface area contributed by atoms with Crippen molar-refractivity contribution in [2.45, 2.75) is 12.5 Å². The summed E-state index contributed by atoms with van der Waals surface area (Å²) in [5, 5.41) is 48.1. The summed E-state index contributed by atoms with van der Waals surface area (Å²) >= 11 is 0. The van der Waals surface area contributed by atoms with Crippen LogP contribution in [0, 0.1) is 0 Å². The van der Waals surface area contributed by atoms with Gasteiger partial charge in [0, 0.05) is 0 Å². The molecule has 0 aromatic heterocycles. The van der Waals surface area contributed by atoms with Gasteiger partial charge in [0.25, 0.3) is 0 Å². The smallest absolute Gasteiger partial charge is 0.504 e. The highest BCUT2D eigenvalue weighted by Gasteiger charge is 2.12. The van der Waals surface area contributed by atoms with Crippen LogP contribution in [0.1, 0.15) is 5.56 Å². The van der Waals surface area contributed by atoms with Gasteiger partial charge >= 0.3 is 13.3 Å². The molecule has 0 aliphatic carbocycles. The monoisotopic (exact) mass is 259 g/mol. The third kappa shape index (κ3) is 6.71. The number of benzene rings is 1. The summed E-state index contributed by atoms with van der Waals surface area (Å²) in [6.07, 6.45) is 0.114. The molecular formula is C9H14BNO7. The topological polar surface area (TPSA) is 164 Å². The van der Waals surface area contributed by atoms with Gasteiger partial charge in [0.15, 0.2) is 11.5 Å². The van der Waals surface area contributed by atoms with Gasteiger partial charge in [-0.25, -0.2) is 0 Å². The Balaban J connectivity index is 0.000000631.